The lowest BCUT2D eigenvalue weighted by Crippen LogP contribution is -2.34. The molecule has 2 nitrogen and oxygen atoms in total. The molecule has 0 saturated carbocycles. The Morgan fingerprint density at radius 1 is 1.50 bits per heavy atom. The zero-order chi connectivity index (χ0) is 8.97. The highest BCUT2D eigenvalue weighted by atomic mass is 16.2. The fourth-order valence-electron chi connectivity index (χ4n) is 2.00. The molecule has 1 unspecified atom stereocenters. The van der Waals surface area contributed by atoms with E-state index < -0.39 is 0 Å². The number of nitrogens with zero attached hydrogens (tertiary/aromatic N) is 1. The topological polar surface area (TPSA) is 20.3 Å². The van der Waals surface area contributed by atoms with Crippen LogP contribution >= 0.6 is 0 Å². The third kappa shape index (κ3) is 1.99. The van der Waals surface area contributed by atoms with Gasteiger partial charge < -0.3 is 4.90 Å². The van der Waals surface area contributed by atoms with E-state index in [0.29, 0.717) is 18.4 Å². The third-order valence-electron chi connectivity index (χ3n) is 2.62. The molecule has 1 amide bonds. The number of carbonyl (C=O) groups is 1. The molecule has 1 saturated heterocycles. The van der Waals surface area contributed by atoms with Crippen molar-refractivity contribution in [3.8, 4) is 0 Å². The summed E-state index contributed by atoms with van der Waals surface area (Å²) in [7, 11) is 0. The number of likely N-dealkylation sites (tertiary alicyclic amines) is 1. The van der Waals surface area contributed by atoms with Crippen LogP contribution in [0.15, 0.2) is 0 Å². The Kier molecular flexibility index (Phi) is 3.57. The van der Waals surface area contributed by atoms with E-state index in [0.717, 1.165) is 6.54 Å². The largest absolute Gasteiger partial charge is 0.340 e. The first-order chi connectivity index (χ1) is 5.79. The van der Waals surface area contributed by atoms with Crippen molar-refractivity contribution in [1.29, 1.82) is 0 Å². The van der Waals surface area contributed by atoms with E-state index in [9.17, 15) is 4.79 Å². The summed E-state index contributed by atoms with van der Waals surface area (Å²) in [6.45, 7) is 5.13. The second kappa shape index (κ2) is 4.48. The predicted octanol–water partition coefficient (Wildman–Crippen LogP) is 2.19. The Balaban J connectivity index is 2.45. The third-order valence-corrected chi connectivity index (χ3v) is 2.62. The average Bonchev–Trinajstić information content (AvgIpc) is 2.52. The molecule has 1 atom stereocenters. The second-order valence-corrected chi connectivity index (χ2v) is 3.53. The van der Waals surface area contributed by atoms with Crippen LogP contribution < -0.4 is 0 Å². The van der Waals surface area contributed by atoms with Crippen LogP contribution in [0.25, 0.3) is 0 Å². The van der Waals surface area contributed by atoms with Crippen LogP contribution in [0.1, 0.15) is 46.0 Å². The molecule has 0 spiro atoms. The maximum absolute atomic E-state index is 11.4. The summed E-state index contributed by atoms with van der Waals surface area (Å²) in [5.74, 6) is 0.339. The minimum Gasteiger partial charge on any atom is -0.340 e. The van der Waals surface area contributed by atoms with Crippen molar-refractivity contribution in [2.24, 2.45) is 0 Å². The molecule has 1 aliphatic rings. The first-order valence-corrected chi connectivity index (χ1v) is 5.09. The van der Waals surface area contributed by atoms with E-state index in [-0.39, 0.29) is 0 Å². The van der Waals surface area contributed by atoms with Crippen molar-refractivity contribution in [2.45, 2.75) is 52.0 Å². The molecule has 0 aromatic heterocycles. The fourth-order valence-corrected chi connectivity index (χ4v) is 2.00. The van der Waals surface area contributed by atoms with Crippen LogP contribution in [0, 0.1) is 0 Å². The van der Waals surface area contributed by atoms with E-state index in [1.54, 1.807) is 0 Å². The van der Waals surface area contributed by atoms with Gasteiger partial charge in [-0.25, -0.2) is 0 Å². The summed E-state index contributed by atoms with van der Waals surface area (Å²) >= 11 is 0. The number of carbonyl (C=O) groups excluding carboxylic acids is 1. The van der Waals surface area contributed by atoms with E-state index in [1.165, 1.54) is 25.7 Å². The molecule has 2 heteroatoms. The van der Waals surface area contributed by atoms with Crippen LogP contribution in [0.3, 0.4) is 0 Å². The lowest BCUT2D eigenvalue weighted by Gasteiger charge is -2.23. The van der Waals surface area contributed by atoms with Crippen LogP contribution in [0.2, 0.25) is 0 Å². The summed E-state index contributed by atoms with van der Waals surface area (Å²) in [5.41, 5.74) is 0. The van der Waals surface area contributed by atoms with Gasteiger partial charge in [0.2, 0.25) is 5.91 Å². The molecule has 70 valence electrons. The van der Waals surface area contributed by atoms with Gasteiger partial charge in [-0.3, -0.25) is 4.79 Å². The highest BCUT2D eigenvalue weighted by Gasteiger charge is 2.26. The van der Waals surface area contributed by atoms with Crippen molar-refractivity contribution in [3.63, 3.8) is 0 Å². The van der Waals surface area contributed by atoms with Gasteiger partial charge in [0.25, 0.3) is 0 Å². The molecule has 0 N–H and O–H groups in total. The molecule has 0 aliphatic carbocycles. The van der Waals surface area contributed by atoms with Crippen molar-refractivity contribution in [2.75, 3.05) is 6.54 Å². The number of amides is 1. The minimum absolute atomic E-state index is 0.339. The summed E-state index contributed by atoms with van der Waals surface area (Å²) in [6, 6.07) is 0.558. The van der Waals surface area contributed by atoms with Gasteiger partial charge in [-0.05, 0) is 19.3 Å². The summed E-state index contributed by atoms with van der Waals surface area (Å²) in [5, 5.41) is 0. The van der Waals surface area contributed by atoms with E-state index in [1.807, 2.05) is 6.92 Å². The van der Waals surface area contributed by atoms with Crippen LogP contribution in [-0.2, 0) is 4.79 Å². The standard InChI is InChI=1S/C10H19NO/c1-3-6-9-7-5-8-11(9)10(12)4-2/h9H,3-8H2,1-2H3. The Bertz CT molecular complexity index is 156. The minimum atomic E-state index is 0.339. The van der Waals surface area contributed by atoms with Gasteiger partial charge in [-0.1, -0.05) is 20.3 Å². The van der Waals surface area contributed by atoms with Crippen molar-refractivity contribution < 1.29 is 4.79 Å². The Morgan fingerprint density at radius 2 is 2.25 bits per heavy atom. The predicted molar refractivity (Wildman–Crippen MR) is 49.9 cm³/mol. The van der Waals surface area contributed by atoms with Gasteiger partial charge in [-0.15, -0.1) is 0 Å². The maximum atomic E-state index is 11.4. The zero-order valence-electron chi connectivity index (χ0n) is 8.18. The highest BCUT2D eigenvalue weighted by molar-refractivity contribution is 5.76. The molecule has 0 bridgehead atoms. The highest BCUT2D eigenvalue weighted by Crippen LogP contribution is 2.21. The average molecular weight is 169 g/mol. The quantitative estimate of drug-likeness (QED) is 0.634. The fraction of sp³-hybridized carbons (Fsp3) is 0.900. The number of rotatable bonds is 3. The Hall–Kier alpha value is -0.530. The lowest BCUT2D eigenvalue weighted by molar-refractivity contribution is -0.131. The van der Waals surface area contributed by atoms with Gasteiger partial charge >= 0.3 is 0 Å². The van der Waals surface area contributed by atoms with Gasteiger partial charge in [0.05, 0.1) is 0 Å². The van der Waals surface area contributed by atoms with Crippen LogP contribution in [0.5, 0.6) is 0 Å². The molecule has 0 aromatic rings. The molecule has 1 heterocycles. The summed E-state index contributed by atoms with van der Waals surface area (Å²) < 4.78 is 0. The second-order valence-electron chi connectivity index (χ2n) is 3.53. The van der Waals surface area contributed by atoms with Gasteiger partial charge in [0.1, 0.15) is 0 Å². The molecular formula is C10H19NO. The summed E-state index contributed by atoms with van der Waals surface area (Å²) in [6.07, 6.45) is 5.47. The Morgan fingerprint density at radius 3 is 2.83 bits per heavy atom. The first-order valence-electron chi connectivity index (χ1n) is 5.09. The zero-order valence-corrected chi connectivity index (χ0v) is 8.18. The Labute approximate surface area is 74.9 Å². The smallest absolute Gasteiger partial charge is 0.222 e. The summed E-state index contributed by atoms with van der Waals surface area (Å²) in [4.78, 5) is 13.5. The van der Waals surface area contributed by atoms with Crippen LogP contribution in [-0.4, -0.2) is 23.4 Å². The molecular weight excluding hydrogens is 150 g/mol. The van der Waals surface area contributed by atoms with Crippen molar-refractivity contribution in [1.82, 2.24) is 4.90 Å². The van der Waals surface area contributed by atoms with Crippen LogP contribution in [0.4, 0.5) is 0 Å². The van der Waals surface area contributed by atoms with Gasteiger partial charge in [0.15, 0.2) is 0 Å². The monoisotopic (exact) mass is 169 g/mol. The molecule has 0 aromatic carbocycles. The van der Waals surface area contributed by atoms with Gasteiger partial charge in [0, 0.05) is 19.0 Å². The normalized spacial score (nSPS) is 23.2. The molecule has 1 rings (SSSR count). The van der Waals surface area contributed by atoms with E-state index >= 15 is 0 Å². The number of hydrogen-bond acceptors (Lipinski definition) is 1. The van der Waals surface area contributed by atoms with E-state index in [4.69, 9.17) is 0 Å². The molecule has 1 aliphatic heterocycles. The number of hydrogen-bond donors (Lipinski definition) is 0. The molecule has 0 radical (unpaired) electrons. The van der Waals surface area contributed by atoms with E-state index in [2.05, 4.69) is 11.8 Å². The molecule has 12 heavy (non-hydrogen) atoms. The maximum Gasteiger partial charge on any atom is 0.222 e. The lowest BCUT2D eigenvalue weighted by atomic mass is 10.1. The van der Waals surface area contributed by atoms with Crippen molar-refractivity contribution in [3.05, 3.63) is 0 Å². The molecule has 1 fully saturated rings. The SMILES string of the molecule is CCCC1CCCN1C(=O)CC. The van der Waals surface area contributed by atoms with Gasteiger partial charge in [-0.2, -0.15) is 0 Å². The first kappa shape index (κ1) is 9.56. The van der Waals surface area contributed by atoms with Crippen molar-refractivity contribution >= 4 is 5.91 Å².